The van der Waals surface area contributed by atoms with E-state index in [9.17, 15) is 0 Å². The highest BCUT2D eigenvalue weighted by Crippen LogP contribution is 2.30. The van der Waals surface area contributed by atoms with Crippen LogP contribution in [0.5, 0.6) is 0 Å². The maximum absolute atomic E-state index is 5.57. The number of aromatic nitrogens is 4. The van der Waals surface area contributed by atoms with E-state index in [1.54, 1.807) is 0 Å². The third-order valence-electron chi connectivity index (χ3n) is 3.17. The highest BCUT2D eigenvalue weighted by atomic mass is 79.9. The molecule has 98 valence electrons. The zero-order valence-corrected chi connectivity index (χ0v) is 12.1. The first-order valence-corrected chi connectivity index (χ1v) is 6.84. The predicted molar refractivity (Wildman–Crippen MR) is 78.8 cm³/mol. The molecule has 0 saturated carbocycles. The molecule has 3 rings (SSSR count). The summed E-state index contributed by atoms with van der Waals surface area (Å²) in [5.41, 5.74) is 10.6. The lowest BCUT2D eigenvalue weighted by molar-refractivity contribution is 0.898. The first kappa shape index (κ1) is 12.4. The summed E-state index contributed by atoms with van der Waals surface area (Å²) in [5.74, 6) is 0. The van der Waals surface area contributed by atoms with Crippen LogP contribution in [0.3, 0.4) is 0 Å². The molecule has 0 aliphatic carbocycles. The lowest BCUT2D eigenvalue weighted by Gasteiger charge is -2.00. The molecule has 0 aliphatic heterocycles. The average molecular weight is 320 g/mol. The van der Waals surface area contributed by atoms with Crippen molar-refractivity contribution in [1.29, 1.82) is 0 Å². The van der Waals surface area contributed by atoms with Crippen LogP contribution in [-0.4, -0.2) is 26.3 Å². The standard InChI is InChI=1S/C13H14BrN5/c1-19-7-16-10-6-8(2-3-11(10)19)13-12(14)9(4-5-15)17-18-13/h2-3,6-7H,4-5,15H2,1H3,(H,17,18). The molecule has 0 radical (unpaired) electrons. The van der Waals surface area contributed by atoms with E-state index in [-0.39, 0.29) is 0 Å². The maximum atomic E-state index is 5.57. The number of hydrogen-bond donors (Lipinski definition) is 2. The molecule has 0 saturated heterocycles. The highest BCUT2D eigenvalue weighted by molar-refractivity contribution is 9.10. The van der Waals surface area contributed by atoms with Crippen LogP contribution < -0.4 is 5.73 Å². The van der Waals surface area contributed by atoms with Crippen molar-refractivity contribution in [3.8, 4) is 11.3 Å². The molecule has 5 nitrogen and oxygen atoms in total. The second kappa shape index (κ2) is 4.79. The van der Waals surface area contributed by atoms with Gasteiger partial charge in [-0.3, -0.25) is 5.10 Å². The van der Waals surface area contributed by atoms with Gasteiger partial charge in [0.25, 0.3) is 0 Å². The first-order chi connectivity index (χ1) is 9.20. The Balaban J connectivity index is 2.08. The van der Waals surface area contributed by atoms with Gasteiger partial charge in [-0.2, -0.15) is 5.10 Å². The molecule has 0 spiro atoms. The number of nitrogens with zero attached hydrogens (tertiary/aromatic N) is 3. The number of fused-ring (bicyclic) bond motifs is 1. The van der Waals surface area contributed by atoms with Crippen molar-refractivity contribution in [3.05, 3.63) is 34.7 Å². The summed E-state index contributed by atoms with van der Waals surface area (Å²) >= 11 is 3.58. The van der Waals surface area contributed by atoms with Crippen molar-refractivity contribution < 1.29 is 0 Å². The molecule has 3 aromatic rings. The second-order valence-corrected chi connectivity index (χ2v) is 5.26. The zero-order valence-electron chi connectivity index (χ0n) is 10.5. The Kier molecular flexibility index (Phi) is 3.12. The Morgan fingerprint density at radius 1 is 1.42 bits per heavy atom. The van der Waals surface area contributed by atoms with Crippen molar-refractivity contribution in [1.82, 2.24) is 19.7 Å². The Morgan fingerprint density at radius 2 is 2.26 bits per heavy atom. The summed E-state index contributed by atoms with van der Waals surface area (Å²) in [6.07, 6.45) is 2.59. The van der Waals surface area contributed by atoms with Crippen LogP contribution in [0.1, 0.15) is 5.69 Å². The van der Waals surface area contributed by atoms with Gasteiger partial charge in [-0.1, -0.05) is 6.07 Å². The molecule has 0 amide bonds. The van der Waals surface area contributed by atoms with Crippen LogP contribution in [0.25, 0.3) is 22.3 Å². The fourth-order valence-corrected chi connectivity index (χ4v) is 2.75. The first-order valence-electron chi connectivity index (χ1n) is 6.05. The van der Waals surface area contributed by atoms with Gasteiger partial charge in [0.05, 0.1) is 27.5 Å². The summed E-state index contributed by atoms with van der Waals surface area (Å²) < 4.78 is 2.98. The number of H-pyrrole nitrogens is 1. The molecule has 0 aliphatic rings. The SMILES string of the molecule is Cn1cnc2cc(-c3n[nH]c(CCN)c3Br)ccc21. The number of hydrogen-bond acceptors (Lipinski definition) is 3. The van der Waals surface area contributed by atoms with Gasteiger partial charge in [-0.15, -0.1) is 0 Å². The van der Waals surface area contributed by atoms with E-state index in [0.717, 1.165) is 38.9 Å². The van der Waals surface area contributed by atoms with E-state index in [4.69, 9.17) is 5.73 Å². The van der Waals surface area contributed by atoms with Gasteiger partial charge < -0.3 is 10.3 Å². The van der Waals surface area contributed by atoms with Crippen LogP contribution in [-0.2, 0) is 13.5 Å². The van der Waals surface area contributed by atoms with Crippen molar-refractivity contribution in [3.63, 3.8) is 0 Å². The number of halogens is 1. The van der Waals surface area contributed by atoms with Gasteiger partial charge >= 0.3 is 0 Å². The maximum Gasteiger partial charge on any atom is 0.107 e. The minimum atomic E-state index is 0.597. The normalized spacial score (nSPS) is 11.3. The predicted octanol–water partition coefficient (Wildman–Crippen LogP) is 2.23. The van der Waals surface area contributed by atoms with E-state index in [1.807, 2.05) is 24.0 Å². The number of aromatic amines is 1. The minimum Gasteiger partial charge on any atom is -0.334 e. The van der Waals surface area contributed by atoms with Crippen molar-refractivity contribution in [2.75, 3.05) is 6.54 Å². The van der Waals surface area contributed by atoms with E-state index < -0.39 is 0 Å². The lowest BCUT2D eigenvalue weighted by atomic mass is 10.1. The molecule has 0 fully saturated rings. The third-order valence-corrected chi connectivity index (χ3v) is 4.02. The summed E-state index contributed by atoms with van der Waals surface area (Å²) in [4.78, 5) is 4.37. The van der Waals surface area contributed by atoms with Gasteiger partial charge in [0.1, 0.15) is 5.69 Å². The monoisotopic (exact) mass is 319 g/mol. The van der Waals surface area contributed by atoms with Crippen LogP contribution in [0.4, 0.5) is 0 Å². The number of nitrogens with one attached hydrogen (secondary N) is 1. The Hall–Kier alpha value is -1.66. The molecule has 1 aromatic carbocycles. The van der Waals surface area contributed by atoms with Crippen LogP contribution >= 0.6 is 15.9 Å². The molecule has 2 aromatic heterocycles. The lowest BCUT2D eigenvalue weighted by Crippen LogP contribution is -2.03. The molecular weight excluding hydrogens is 306 g/mol. The smallest absolute Gasteiger partial charge is 0.107 e. The molecule has 2 heterocycles. The number of imidazole rings is 1. The fourth-order valence-electron chi connectivity index (χ4n) is 2.15. The molecule has 3 N–H and O–H groups in total. The average Bonchev–Trinajstić information content (AvgIpc) is 2.95. The molecule has 0 atom stereocenters. The van der Waals surface area contributed by atoms with Crippen molar-refractivity contribution in [2.45, 2.75) is 6.42 Å². The summed E-state index contributed by atoms with van der Waals surface area (Å²) in [5, 5.41) is 7.38. The summed E-state index contributed by atoms with van der Waals surface area (Å²) in [7, 11) is 1.98. The van der Waals surface area contributed by atoms with Gasteiger partial charge in [0.2, 0.25) is 0 Å². The van der Waals surface area contributed by atoms with E-state index in [1.165, 1.54) is 0 Å². The number of rotatable bonds is 3. The molecule has 0 bridgehead atoms. The zero-order chi connectivity index (χ0) is 13.4. The topological polar surface area (TPSA) is 72.5 Å². The molecular formula is C13H14BrN5. The third kappa shape index (κ3) is 2.06. The number of benzene rings is 1. The molecule has 19 heavy (non-hydrogen) atoms. The minimum absolute atomic E-state index is 0.597. The Labute approximate surface area is 119 Å². The van der Waals surface area contributed by atoms with E-state index in [2.05, 4.69) is 43.2 Å². The highest BCUT2D eigenvalue weighted by Gasteiger charge is 2.13. The van der Waals surface area contributed by atoms with Crippen molar-refractivity contribution in [2.24, 2.45) is 12.8 Å². The van der Waals surface area contributed by atoms with Crippen LogP contribution in [0.15, 0.2) is 29.0 Å². The number of aryl methyl sites for hydroxylation is 1. The Bertz CT molecular complexity index is 728. The van der Waals surface area contributed by atoms with Gasteiger partial charge in [-0.25, -0.2) is 4.98 Å². The van der Waals surface area contributed by atoms with Crippen LogP contribution in [0, 0.1) is 0 Å². The van der Waals surface area contributed by atoms with Gasteiger partial charge in [0, 0.05) is 19.0 Å². The number of nitrogens with two attached hydrogens (primary N) is 1. The second-order valence-electron chi connectivity index (χ2n) is 4.46. The fraction of sp³-hybridized carbons (Fsp3) is 0.231. The quantitative estimate of drug-likeness (QED) is 0.777. The Morgan fingerprint density at radius 3 is 3.05 bits per heavy atom. The van der Waals surface area contributed by atoms with Crippen LogP contribution in [0.2, 0.25) is 0 Å². The van der Waals surface area contributed by atoms with Gasteiger partial charge in [-0.05, 0) is 34.6 Å². The van der Waals surface area contributed by atoms with Gasteiger partial charge in [0.15, 0.2) is 0 Å². The van der Waals surface area contributed by atoms with Crippen molar-refractivity contribution >= 4 is 27.0 Å². The summed E-state index contributed by atoms with van der Waals surface area (Å²) in [6, 6.07) is 6.15. The van der Waals surface area contributed by atoms with E-state index in [0.29, 0.717) is 6.54 Å². The summed E-state index contributed by atoms with van der Waals surface area (Å²) in [6.45, 7) is 0.597. The largest absolute Gasteiger partial charge is 0.334 e. The van der Waals surface area contributed by atoms with E-state index >= 15 is 0 Å². The molecule has 6 heteroatoms. The molecule has 0 unspecified atom stereocenters.